The number of furan rings is 1. The van der Waals surface area contributed by atoms with Gasteiger partial charge in [-0.25, -0.2) is 4.79 Å². The van der Waals surface area contributed by atoms with Crippen molar-refractivity contribution in [1.82, 2.24) is 0 Å². The van der Waals surface area contributed by atoms with Crippen molar-refractivity contribution in [2.45, 2.75) is 19.8 Å². The normalized spacial score (nSPS) is 11.2. The Labute approximate surface area is 92.1 Å². The van der Waals surface area contributed by atoms with Gasteiger partial charge in [-0.1, -0.05) is 19.9 Å². The molecule has 84 valence electrons. The number of hydrogen-bond acceptors (Lipinski definition) is 3. The second-order valence-electron chi connectivity index (χ2n) is 3.99. The number of carboxylic acids is 1. The first-order valence-electron chi connectivity index (χ1n) is 4.99. The monoisotopic (exact) mass is 220 g/mol. The number of aromatic carboxylic acids is 1. The fraction of sp³-hybridized carbons (Fsp3) is 0.250. The van der Waals surface area contributed by atoms with Gasteiger partial charge in [-0.3, -0.25) is 0 Å². The minimum absolute atomic E-state index is 0.0353. The highest BCUT2D eigenvalue weighted by Gasteiger charge is 2.16. The summed E-state index contributed by atoms with van der Waals surface area (Å²) in [6, 6.07) is 4.75. The molecule has 0 aliphatic carbocycles. The summed E-state index contributed by atoms with van der Waals surface area (Å²) in [6.45, 7) is 4.00. The van der Waals surface area contributed by atoms with Crippen LogP contribution in [0.1, 0.15) is 35.9 Å². The molecule has 2 N–H and O–H groups in total. The number of carboxylic acid groups (broad SMARTS) is 1. The Morgan fingerprint density at radius 3 is 2.62 bits per heavy atom. The molecular weight excluding hydrogens is 208 g/mol. The van der Waals surface area contributed by atoms with E-state index in [-0.39, 0.29) is 23.0 Å². The molecule has 0 spiro atoms. The van der Waals surface area contributed by atoms with Gasteiger partial charge in [0.05, 0.1) is 0 Å². The van der Waals surface area contributed by atoms with Crippen LogP contribution in [0, 0.1) is 0 Å². The number of phenols is 1. The lowest BCUT2D eigenvalue weighted by Gasteiger charge is -2.06. The van der Waals surface area contributed by atoms with Crippen LogP contribution in [-0.2, 0) is 0 Å². The topological polar surface area (TPSA) is 70.7 Å². The maximum Gasteiger partial charge on any atom is 0.371 e. The molecule has 2 rings (SSSR count). The Morgan fingerprint density at radius 2 is 2.06 bits per heavy atom. The van der Waals surface area contributed by atoms with Gasteiger partial charge in [0.15, 0.2) is 11.3 Å². The van der Waals surface area contributed by atoms with E-state index in [4.69, 9.17) is 9.52 Å². The summed E-state index contributed by atoms with van der Waals surface area (Å²) in [6.07, 6.45) is 0. The Morgan fingerprint density at radius 1 is 1.38 bits per heavy atom. The molecule has 1 heterocycles. The highest BCUT2D eigenvalue weighted by atomic mass is 16.4. The number of hydrogen-bond donors (Lipinski definition) is 2. The van der Waals surface area contributed by atoms with Gasteiger partial charge in [0.2, 0.25) is 5.76 Å². The zero-order chi connectivity index (χ0) is 11.9. The molecule has 0 fully saturated rings. The molecule has 0 unspecified atom stereocenters. The van der Waals surface area contributed by atoms with E-state index in [1.807, 2.05) is 13.8 Å². The quantitative estimate of drug-likeness (QED) is 0.816. The van der Waals surface area contributed by atoms with Gasteiger partial charge in [-0.05, 0) is 23.6 Å². The number of fused-ring (bicyclic) bond motifs is 1. The molecule has 0 saturated carbocycles. The molecule has 4 heteroatoms. The maximum absolute atomic E-state index is 10.8. The van der Waals surface area contributed by atoms with Crippen molar-refractivity contribution in [3.63, 3.8) is 0 Å². The predicted octanol–water partition coefficient (Wildman–Crippen LogP) is 2.96. The second-order valence-corrected chi connectivity index (χ2v) is 3.99. The first-order valence-corrected chi connectivity index (χ1v) is 4.99. The molecule has 2 aromatic rings. The number of phenolic OH excluding ortho intramolecular Hbond substituents is 1. The minimum atomic E-state index is -1.13. The summed E-state index contributed by atoms with van der Waals surface area (Å²) in [5, 5.41) is 19.1. The van der Waals surface area contributed by atoms with Crippen LogP contribution in [0.25, 0.3) is 11.0 Å². The van der Waals surface area contributed by atoms with Crippen molar-refractivity contribution >= 4 is 16.9 Å². The van der Waals surface area contributed by atoms with Crippen molar-refractivity contribution in [3.05, 3.63) is 29.5 Å². The van der Waals surface area contributed by atoms with Gasteiger partial charge < -0.3 is 14.6 Å². The van der Waals surface area contributed by atoms with E-state index in [2.05, 4.69) is 0 Å². The summed E-state index contributed by atoms with van der Waals surface area (Å²) in [7, 11) is 0. The van der Waals surface area contributed by atoms with Gasteiger partial charge in [0.25, 0.3) is 0 Å². The van der Waals surface area contributed by atoms with Crippen LogP contribution in [0.4, 0.5) is 0 Å². The molecule has 0 amide bonds. The van der Waals surface area contributed by atoms with Gasteiger partial charge in [0, 0.05) is 5.39 Å². The van der Waals surface area contributed by atoms with E-state index in [9.17, 15) is 9.90 Å². The lowest BCUT2D eigenvalue weighted by atomic mass is 9.99. The third kappa shape index (κ3) is 1.52. The number of carbonyl (C=O) groups is 1. The summed E-state index contributed by atoms with van der Waals surface area (Å²) in [4.78, 5) is 10.8. The van der Waals surface area contributed by atoms with E-state index in [0.29, 0.717) is 5.39 Å². The Bertz CT molecular complexity index is 551. The first kappa shape index (κ1) is 10.5. The van der Waals surface area contributed by atoms with Crippen molar-refractivity contribution in [2.24, 2.45) is 0 Å². The van der Waals surface area contributed by atoms with E-state index in [1.54, 1.807) is 6.07 Å². The molecule has 0 aliphatic heterocycles. The van der Waals surface area contributed by atoms with Crippen LogP contribution in [0.15, 0.2) is 22.6 Å². The van der Waals surface area contributed by atoms with Crippen LogP contribution in [0.3, 0.4) is 0 Å². The average Bonchev–Trinajstić information content (AvgIpc) is 2.62. The van der Waals surface area contributed by atoms with Crippen LogP contribution in [-0.4, -0.2) is 16.2 Å². The number of benzene rings is 1. The van der Waals surface area contributed by atoms with Crippen molar-refractivity contribution in [3.8, 4) is 5.75 Å². The van der Waals surface area contributed by atoms with Gasteiger partial charge in [-0.15, -0.1) is 0 Å². The molecule has 1 aromatic heterocycles. The zero-order valence-electron chi connectivity index (χ0n) is 9.02. The van der Waals surface area contributed by atoms with Crippen LogP contribution < -0.4 is 0 Å². The van der Waals surface area contributed by atoms with E-state index >= 15 is 0 Å². The summed E-state index contributed by atoms with van der Waals surface area (Å²) in [5.74, 6) is -1.09. The zero-order valence-corrected chi connectivity index (χ0v) is 9.02. The van der Waals surface area contributed by atoms with Crippen molar-refractivity contribution in [2.75, 3.05) is 0 Å². The fourth-order valence-corrected chi connectivity index (χ4v) is 1.74. The molecule has 0 atom stereocenters. The predicted molar refractivity (Wildman–Crippen MR) is 58.9 cm³/mol. The molecule has 0 radical (unpaired) electrons. The van der Waals surface area contributed by atoms with Crippen molar-refractivity contribution < 1.29 is 19.4 Å². The lowest BCUT2D eigenvalue weighted by molar-refractivity contribution is 0.0665. The Kier molecular flexibility index (Phi) is 2.34. The summed E-state index contributed by atoms with van der Waals surface area (Å²) in [5.41, 5.74) is 1.20. The van der Waals surface area contributed by atoms with E-state index < -0.39 is 5.97 Å². The number of aromatic hydroxyl groups is 1. The third-order valence-electron chi connectivity index (χ3n) is 2.53. The smallest absolute Gasteiger partial charge is 0.371 e. The van der Waals surface area contributed by atoms with Crippen LogP contribution in [0.5, 0.6) is 5.75 Å². The highest BCUT2D eigenvalue weighted by molar-refractivity contribution is 5.95. The van der Waals surface area contributed by atoms with Crippen LogP contribution >= 0.6 is 0 Å². The van der Waals surface area contributed by atoms with Gasteiger partial charge in [0.1, 0.15) is 0 Å². The average molecular weight is 220 g/mol. The van der Waals surface area contributed by atoms with Gasteiger partial charge >= 0.3 is 5.97 Å². The highest BCUT2D eigenvalue weighted by Crippen LogP contribution is 2.33. The second kappa shape index (κ2) is 3.56. The number of rotatable bonds is 2. The largest absolute Gasteiger partial charge is 0.504 e. The molecule has 16 heavy (non-hydrogen) atoms. The maximum atomic E-state index is 10.8. The van der Waals surface area contributed by atoms with Crippen molar-refractivity contribution in [1.29, 1.82) is 0 Å². The molecule has 0 aliphatic rings. The summed E-state index contributed by atoms with van der Waals surface area (Å²) >= 11 is 0. The third-order valence-corrected chi connectivity index (χ3v) is 2.53. The summed E-state index contributed by atoms with van der Waals surface area (Å²) < 4.78 is 5.10. The fourth-order valence-electron chi connectivity index (χ4n) is 1.74. The molecule has 4 nitrogen and oxygen atoms in total. The molecule has 0 bridgehead atoms. The lowest BCUT2D eigenvalue weighted by Crippen LogP contribution is -1.91. The Hall–Kier alpha value is -1.97. The molecule has 1 aromatic carbocycles. The minimum Gasteiger partial charge on any atom is -0.504 e. The van der Waals surface area contributed by atoms with E-state index in [1.165, 1.54) is 12.1 Å². The Balaban J connectivity index is 2.77. The van der Waals surface area contributed by atoms with E-state index in [0.717, 1.165) is 5.56 Å². The molecule has 0 saturated heterocycles. The standard InChI is InChI=1S/C12H12O4/c1-6(2)7-3-4-9(13)11-8(7)5-10(16-11)12(14)15/h3-6,13H,1-2H3,(H,14,15). The first-order chi connectivity index (χ1) is 7.50. The SMILES string of the molecule is CC(C)c1ccc(O)c2oc(C(=O)O)cc12. The van der Waals surface area contributed by atoms with Gasteiger partial charge in [-0.2, -0.15) is 0 Å². The molecular formula is C12H12O4. The van der Waals surface area contributed by atoms with Crippen LogP contribution in [0.2, 0.25) is 0 Å².